The fraction of sp³-hybridized carbons (Fsp3) is 0.0667. The maximum absolute atomic E-state index is 11.9. The highest BCUT2D eigenvalue weighted by molar-refractivity contribution is 6.01. The molecule has 0 atom stereocenters. The normalized spacial score (nSPS) is 9.65. The third-order valence-electron chi connectivity index (χ3n) is 2.64. The number of carbonyl (C=O) groups excluding carboxylic acids is 2. The van der Waals surface area contributed by atoms with Gasteiger partial charge in [0.25, 0.3) is 0 Å². The van der Waals surface area contributed by atoms with Crippen molar-refractivity contribution in [3.63, 3.8) is 0 Å². The van der Waals surface area contributed by atoms with E-state index in [4.69, 9.17) is 4.74 Å². The van der Waals surface area contributed by atoms with Gasteiger partial charge in [0.15, 0.2) is 0 Å². The van der Waals surface area contributed by atoms with Gasteiger partial charge in [-0.15, -0.1) is 0 Å². The standard InChI is InChI=1S/C15H14N2O3/c1-20-14-8-3-2-7-13(14)17-15(19)16-12-6-4-5-11(9-12)10-18/h2-10H,1H3,(H2,16,17,19). The second kappa shape index (κ2) is 6.38. The Morgan fingerprint density at radius 1 is 1.10 bits per heavy atom. The van der Waals surface area contributed by atoms with Crippen molar-refractivity contribution in [2.75, 3.05) is 17.7 Å². The highest BCUT2D eigenvalue weighted by Gasteiger charge is 2.06. The van der Waals surface area contributed by atoms with Crippen molar-refractivity contribution < 1.29 is 14.3 Å². The number of ether oxygens (including phenoxy) is 1. The Bertz CT molecular complexity index is 626. The molecule has 0 unspecified atom stereocenters. The van der Waals surface area contributed by atoms with E-state index in [1.54, 1.807) is 42.5 Å². The molecular weight excluding hydrogens is 256 g/mol. The van der Waals surface area contributed by atoms with Crippen LogP contribution in [-0.4, -0.2) is 19.4 Å². The zero-order chi connectivity index (χ0) is 14.4. The number of anilines is 2. The van der Waals surface area contributed by atoms with E-state index in [-0.39, 0.29) is 0 Å². The molecule has 0 aliphatic rings. The lowest BCUT2D eigenvalue weighted by molar-refractivity contribution is 0.112. The molecule has 0 fully saturated rings. The lowest BCUT2D eigenvalue weighted by Crippen LogP contribution is -2.19. The molecule has 2 rings (SSSR count). The molecule has 20 heavy (non-hydrogen) atoms. The van der Waals surface area contributed by atoms with Gasteiger partial charge in [-0.05, 0) is 24.3 Å². The first-order valence-corrected chi connectivity index (χ1v) is 5.99. The van der Waals surface area contributed by atoms with E-state index >= 15 is 0 Å². The SMILES string of the molecule is COc1ccccc1NC(=O)Nc1cccc(C=O)c1. The van der Waals surface area contributed by atoms with Crippen molar-refractivity contribution in [2.45, 2.75) is 0 Å². The number of hydrogen-bond acceptors (Lipinski definition) is 3. The minimum Gasteiger partial charge on any atom is -0.495 e. The molecule has 2 amide bonds. The van der Waals surface area contributed by atoms with Crippen molar-refractivity contribution in [1.29, 1.82) is 0 Å². The van der Waals surface area contributed by atoms with Crippen molar-refractivity contribution in [2.24, 2.45) is 0 Å². The fourth-order valence-electron chi connectivity index (χ4n) is 1.72. The number of methoxy groups -OCH3 is 1. The minimum atomic E-state index is -0.405. The van der Waals surface area contributed by atoms with Crippen LogP contribution in [0.5, 0.6) is 5.75 Å². The van der Waals surface area contributed by atoms with Gasteiger partial charge in [0, 0.05) is 11.3 Å². The van der Waals surface area contributed by atoms with Crippen LogP contribution in [0.1, 0.15) is 10.4 Å². The molecule has 0 bridgehead atoms. The molecule has 0 saturated heterocycles. The second-order valence-electron chi connectivity index (χ2n) is 4.02. The van der Waals surface area contributed by atoms with Crippen LogP contribution in [-0.2, 0) is 0 Å². The molecule has 5 nitrogen and oxygen atoms in total. The average Bonchev–Trinajstić information content (AvgIpc) is 2.48. The summed E-state index contributed by atoms with van der Waals surface area (Å²) in [6.07, 6.45) is 0.726. The molecule has 0 aliphatic carbocycles. The Morgan fingerprint density at radius 2 is 1.90 bits per heavy atom. The summed E-state index contributed by atoms with van der Waals surface area (Å²) in [5.41, 5.74) is 1.61. The summed E-state index contributed by atoms with van der Waals surface area (Å²) in [4.78, 5) is 22.6. The lowest BCUT2D eigenvalue weighted by Gasteiger charge is -2.11. The molecule has 0 heterocycles. The Labute approximate surface area is 116 Å². The van der Waals surface area contributed by atoms with Crippen LogP contribution in [0.15, 0.2) is 48.5 Å². The molecule has 0 spiro atoms. The quantitative estimate of drug-likeness (QED) is 0.838. The number of amides is 2. The van der Waals surface area contributed by atoms with Crippen molar-refractivity contribution >= 4 is 23.7 Å². The van der Waals surface area contributed by atoms with E-state index in [1.165, 1.54) is 7.11 Å². The molecule has 5 heteroatoms. The molecular formula is C15H14N2O3. The lowest BCUT2D eigenvalue weighted by atomic mass is 10.2. The molecule has 102 valence electrons. The molecule has 2 aromatic rings. The predicted molar refractivity (Wildman–Crippen MR) is 77.5 cm³/mol. The molecule has 0 aliphatic heterocycles. The Hall–Kier alpha value is -2.82. The van der Waals surface area contributed by atoms with Crippen molar-refractivity contribution in [3.8, 4) is 5.75 Å². The summed E-state index contributed by atoms with van der Waals surface area (Å²) in [5.74, 6) is 0.573. The van der Waals surface area contributed by atoms with Gasteiger partial charge in [0.05, 0.1) is 12.8 Å². The van der Waals surface area contributed by atoms with Gasteiger partial charge >= 0.3 is 6.03 Å². The Morgan fingerprint density at radius 3 is 2.65 bits per heavy atom. The molecule has 0 aromatic heterocycles. The van der Waals surface area contributed by atoms with Gasteiger partial charge in [-0.3, -0.25) is 4.79 Å². The number of urea groups is 1. The van der Waals surface area contributed by atoms with Crippen LogP contribution >= 0.6 is 0 Å². The third kappa shape index (κ3) is 3.35. The summed E-state index contributed by atoms with van der Waals surface area (Å²) in [7, 11) is 1.53. The zero-order valence-electron chi connectivity index (χ0n) is 10.9. The van der Waals surface area contributed by atoms with E-state index in [0.717, 1.165) is 6.29 Å². The molecule has 0 radical (unpaired) electrons. The third-order valence-corrected chi connectivity index (χ3v) is 2.64. The summed E-state index contributed by atoms with van der Waals surface area (Å²) >= 11 is 0. The fourth-order valence-corrected chi connectivity index (χ4v) is 1.72. The monoisotopic (exact) mass is 270 g/mol. The average molecular weight is 270 g/mol. The van der Waals surface area contributed by atoms with Crippen LogP contribution in [0.2, 0.25) is 0 Å². The first kappa shape index (κ1) is 13.6. The maximum atomic E-state index is 11.9. The summed E-state index contributed by atoms with van der Waals surface area (Å²) in [5, 5.41) is 5.34. The van der Waals surface area contributed by atoms with Crippen molar-refractivity contribution in [1.82, 2.24) is 0 Å². The van der Waals surface area contributed by atoms with Gasteiger partial charge in [-0.2, -0.15) is 0 Å². The van der Waals surface area contributed by atoms with Gasteiger partial charge in [0.2, 0.25) is 0 Å². The van der Waals surface area contributed by atoms with E-state index in [9.17, 15) is 9.59 Å². The Kier molecular flexibility index (Phi) is 4.34. The van der Waals surface area contributed by atoms with Gasteiger partial charge in [-0.1, -0.05) is 24.3 Å². The summed E-state index contributed by atoms with van der Waals surface area (Å²) < 4.78 is 5.14. The number of nitrogens with one attached hydrogen (secondary N) is 2. The largest absolute Gasteiger partial charge is 0.495 e. The van der Waals surface area contributed by atoms with Crippen LogP contribution in [0.4, 0.5) is 16.2 Å². The van der Waals surface area contributed by atoms with E-state index < -0.39 is 6.03 Å². The molecule has 0 saturated carbocycles. The van der Waals surface area contributed by atoms with Gasteiger partial charge in [0.1, 0.15) is 12.0 Å². The number of benzene rings is 2. The van der Waals surface area contributed by atoms with Crippen LogP contribution < -0.4 is 15.4 Å². The predicted octanol–water partition coefficient (Wildman–Crippen LogP) is 3.15. The zero-order valence-corrected chi connectivity index (χ0v) is 10.9. The number of para-hydroxylation sites is 2. The first-order valence-electron chi connectivity index (χ1n) is 5.99. The highest BCUT2D eigenvalue weighted by Crippen LogP contribution is 2.23. The first-order chi connectivity index (χ1) is 9.72. The van der Waals surface area contributed by atoms with Gasteiger partial charge < -0.3 is 15.4 Å². The van der Waals surface area contributed by atoms with Crippen LogP contribution in [0, 0.1) is 0 Å². The van der Waals surface area contributed by atoms with E-state index in [1.807, 2.05) is 6.07 Å². The minimum absolute atomic E-state index is 0.405. The molecule has 2 N–H and O–H groups in total. The number of aldehydes is 1. The maximum Gasteiger partial charge on any atom is 0.323 e. The Balaban J connectivity index is 2.07. The topological polar surface area (TPSA) is 67.4 Å². The van der Waals surface area contributed by atoms with Gasteiger partial charge in [-0.25, -0.2) is 4.79 Å². The second-order valence-corrected chi connectivity index (χ2v) is 4.02. The number of hydrogen-bond donors (Lipinski definition) is 2. The van der Waals surface area contributed by atoms with E-state index in [0.29, 0.717) is 22.7 Å². The van der Waals surface area contributed by atoms with Crippen molar-refractivity contribution in [3.05, 3.63) is 54.1 Å². The van der Waals surface area contributed by atoms with Crippen LogP contribution in [0.25, 0.3) is 0 Å². The summed E-state index contributed by atoms with van der Waals surface area (Å²) in [6.45, 7) is 0. The number of carbonyl (C=O) groups is 2. The van der Waals surface area contributed by atoms with E-state index in [2.05, 4.69) is 10.6 Å². The molecule has 2 aromatic carbocycles. The number of rotatable bonds is 4. The summed E-state index contributed by atoms with van der Waals surface area (Å²) in [6, 6.07) is 13.4. The highest BCUT2D eigenvalue weighted by atomic mass is 16.5. The smallest absolute Gasteiger partial charge is 0.323 e. The van der Waals surface area contributed by atoms with Crippen LogP contribution in [0.3, 0.4) is 0 Å².